The van der Waals surface area contributed by atoms with E-state index in [-0.39, 0.29) is 30.0 Å². The maximum atomic E-state index is 13.1. The Hall–Kier alpha value is -2.28. The van der Waals surface area contributed by atoms with Crippen LogP contribution in [0.5, 0.6) is 5.75 Å². The number of ether oxygens (including phenoxy) is 1. The van der Waals surface area contributed by atoms with Crippen LogP contribution in [0.1, 0.15) is 22.5 Å². The molecule has 0 saturated carbocycles. The minimum Gasteiger partial charge on any atom is -0.496 e. The minimum absolute atomic E-state index is 0.0192. The molecule has 0 aliphatic carbocycles. The lowest BCUT2D eigenvalue weighted by atomic mass is 10.1. The predicted octanol–water partition coefficient (Wildman–Crippen LogP) is 2.12. The summed E-state index contributed by atoms with van der Waals surface area (Å²) in [6.07, 6.45) is 1.97. The molecule has 128 valence electrons. The van der Waals surface area contributed by atoms with Gasteiger partial charge < -0.3 is 14.1 Å². The van der Waals surface area contributed by atoms with E-state index < -0.39 is 9.84 Å². The third-order valence-electron chi connectivity index (χ3n) is 4.15. The van der Waals surface area contributed by atoms with Crippen LogP contribution in [-0.2, 0) is 16.4 Å². The highest BCUT2D eigenvalue weighted by Crippen LogP contribution is 2.26. The second-order valence-corrected chi connectivity index (χ2v) is 8.00. The molecule has 1 aliphatic rings. The van der Waals surface area contributed by atoms with Gasteiger partial charge in [0.2, 0.25) is 0 Å². The van der Waals surface area contributed by atoms with Crippen LogP contribution in [0.3, 0.4) is 0 Å². The standard InChI is InChI=1S/C17H19NO5S/c1-22-16-7-3-2-6-15(16)17(19)18(11-14-5-4-9-23-14)13-8-10-24(20,21)12-13/h2-7,9,13H,8,10-12H2,1H3/t13-/m1/s1. The number of carbonyl (C=O) groups excluding carboxylic acids is 1. The van der Waals surface area contributed by atoms with Gasteiger partial charge in [-0.05, 0) is 30.7 Å². The zero-order valence-electron chi connectivity index (χ0n) is 13.3. The number of hydrogen-bond acceptors (Lipinski definition) is 5. The van der Waals surface area contributed by atoms with Crippen LogP contribution in [0.25, 0.3) is 0 Å². The smallest absolute Gasteiger partial charge is 0.258 e. The highest BCUT2D eigenvalue weighted by Gasteiger charge is 2.36. The van der Waals surface area contributed by atoms with Gasteiger partial charge >= 0.3 is 0 Å². The number of furan rings is 1. The molecule has 2 heterocycles. The van der Waals surface area contributed by atoms with Crippen LogP contribution in [0.15, 0.2) is 47.1 Å². The molecular weight excluding hydrogens is 330 g/mol. The van der Waals surface area contributed by atoms with Gasteiger partial charge in [-0.3, -0.25) is 4.79 Å². The molecule has 1 aliphatic heterocycles. The van der Waals surface area contributed by atoms with Crippen molar-refractivity contribution in [2.24, 2.45) is 0 Å². The maximum Gasteiger partial charge on any atom is 0.258 e. The average molecular weight is 349 g/mol. The number of para-hydroxylation sites is 1. The number of carbonyl (C=O) groups is 1. The molecule has 6 nitrogen and oxygen atoms in total. The van der Waals surface area contributed by atoms with E-state index in [1.165, 1.54) is 13.4 Å². The second kappa shape index (κ2) is 6.68. The molecule has 1 aromatic heterocycles. The number of nitrogens with zero attached hydrogens (tertiary/aromatic N) is 1. The molecule has 24 heavy (non-hydrogen) atoms. The van der Waals surface area contributed by atoms with Crippen molar-refractivity contribution < 1.29 is 22.4 Å². The van der Waals surface area contributed by atoms with Gasteiger partial charge in [-0.1, -0.05) is 12.1 Å². The fourth-order valence-corrected chi connectivity index (χ4v) is 4.67. The molecule has 2 aromatic rings. The number of amides is 1. The topological polar surface area (TPSA) is 76.8 Å². The van der Waals surface area contributed by atoms with Crippen molar-refractivity contribution in [3.8, 4) is 5.75 Å². The maximum absolute atomic E-state index is 13.1. The third-order valence-corrected chi connectivity index (χ3v) is 5.90. The first-order valence-corrected chi connectivity index (χ1v) is 9.49. The normalized spacial score (nSPS) is 19.1. The Morgan fingerprint density at radius 1 is 1.29 bits per heavy atom. The lowest BCUT2D eigenvalue weighted by molar-refractivity contribution is 0.0662. The van der Waals surface area contributed by atoms with E-state index in [0.717, 1.165) is 0 Å². The summed E-state index contributed by atoms with van der Waals surface area (Å²) < 4.78 is 34.3. The van der Waals surface area contributed by atoms with Gasteiger partial charge in [-0.25, -0.2) is 8.42 Å². The van der Waals surface area contributed by atoms with Crippen molar-refractivity contribution in [2.75, 3.05) is 18.6 Å². The van der Waals surface area contributed by atoms with E-state index in [1.54, 1.807) is 41.3 Å². The second-order valence-electron chi connectivity index (χ2n) is 5.77. The molecule has 0 unspecified atom stereocenters. The molecule has 1 fully saturated rings. The Balaban J connectivity index is 1.93. The molecule has 3 rings (SSSR count). The van der Waals surface area contributed by atoms with Gasteiger partial charge in [0.25, 0.3) is 5.91 Å². The van der Waals surface area contributed by atoms with E-state index in [4.69, 9.17) is 9.15 Å². The monoisotopic (exact) mass is 349 g/mol. The van der Waals surface area contributed by atoms with Crippen molar-refractivity contribution in [3.63, 3.8) is 0 Å². The van der Waals surface area contributed by atoms with Crippen LogP contribution in [0, 0.1) is 0 Å². The van der Waals surface area contributed by atoms with Gasteiger partial charge in [0.15, 0.2) is 9.84 Å². The summed E-state index contributed by atoms with van der Waals surface area (Å²) in [4.78, 5) is 14.6. The summed E-state index contributed by atoms with van der Waals surface area (Å²) in [5, 5.41) is 0. The highest BCUT2D eigenvalue weighted by atomic mass is 32.2. The Morgan fingerprint density at radius 2 is 2.08 bits per heavy atom. The SMILES string of the molecule is COc1ccccc1C(=O)N(Cc1ccco1)[C@@H]1CCS(=O)(=O)C1. The van der Waals surface area contributed by atoms with Gasteiger partial charge in [0.1, 0.15) is 11.5 Å². The van der Waals surface area contributed by atoms with Crippen LogP contribution in [-0.4, -0.2) is 43.9 Å². The van der Waals surface area contributed by atoms with Crippen molar-refractivity contribution in [1.82, 2.24) is 4.90 Å². The first kappa shape index (κ1) is 16.6. The van der Waals surface area contributed by atoms with E-state index in [9.17, 15) is 13.2 Å². The van der Waals surface area contributed by atoms with Crippen molar-refractivity contribution in [1.29, 1.82) is 0 Å². The van der Waals surface area contributed by atoms with Gasteiger partial charge in [0, 0.05) is 6.04 Å². The van der Waals surface area contributed by atoms with Crippen molar-refractivity contribution >= 4 is 15.7 Å². The summed E-state index contributed by atoms with van der Waals surface area (Å²) >= 11 is 0. The zero-order chi connectivity index (χ0) is 17.2. The van der Waals surface area contributed by atoms with Crippen LogP contribution in [0.2, 0.25) is 0 Å². The number of sulfone groups is 1. The molecule has 1 aromatic carbocycles. The summed E-state index contributed by atoms with van der Waals surface area (Å²) in [5.74, 6) is 0.904. The van der Waals surface area contributed by atoms with E-state index in [0.29, 0.717) is 23.5 Å². The van der Waals surface area contributed by atoms with Crippen LogP contribution in [0.4, 0.5) is 0 Å². The first-order chi connectivity index (χ1) is 11.5. The highest BCUT2D eigenvalue weighted by molar-refractivity contribution is 7.91. The van der Waals surface area contributed by atoms with E-state index in [2.05, 4.69) is 0 Å². The number of benzene rings is 1. The summed E-state index contributed by atoms with van der Waals surface area (Å²) in [6.45, 7) is 0.226. The Labute approximate surface area is 140 Å². The van der Waals surface area contributed by atoms with Gasteiger partial charge in [0.05, 0.1) is 37.0 Å². The summed E-state index contributed by atoms with van der Waals surface area (Å²) in [6, 6.07) is 10.1. The fourth-order valence-electron chi connectivity index (χ4n) is 2.93. The zero-order valence-corrected chi connectivity index (χ0v) is 14.2. The minimum atomic E-state index is -3.11. The molecule has 1 atom stereocenters. The quantitative estimate of drug-likeness (QED) is 0.826. The molecule has 0 spiro atoms. The molecule has 0 N–H and O–H groups in total. The predicted molar refractivity (Wildman–Crippen MR) is 88.6 cm³/mol. The molecule has 7 heteroatoms. The number of hydrogen-bond donors (Lipinski definition) is 0. The lowest BCUT2D eigenvalue weighted by Gasteiger charge is -2.28. The average Bonchev–Trinajstić information content (AvgIpc) is 3.21. The fraction of sp³-hybridized carbons (Fsp3) is 0.353. The summed E-state index contributed by atoms with van der Waals surface area (Å²) in [7, 11) is -1.60. The van der Waals surface area contributed by atoms with Crippen molar-refractivity contribution in [2.45, 2.75) is 19.0 Å². The van der Waals surface area contributed by atoms with E-state index in [1.807, 2.05) is 0 Å². The molecule has 0 radical (unpaired) electrons. The van der Waals surface area contributed by atoms with Crippen LogP contribution < -0.4 is 4.74 Å². The molecule has 1 saturated heterocycles. The Kier molecular flexibility index (Phi) is 4.62. The van der Waals surface area contributed by atoms with Crippen molar-refractivity contribution in [3.05, 3.63) is 54.0 Å². The number of methoxy groups -OCH3 is 1. The first-order valence-electron chi connectivity index (χ1n) is 7.67. The molecule has 1 amide bonds. The Bertz CT molecular complexity index is 813. The van der Waals surface area contributed by atoms with E-state index >= 15 is 0 Å². The molecule has 0 bridgehead atoms. The van der Waals surface area contributed by atoms with Crippen LogP contribution >= 0.6 is 0 Å². The summed E-state index contributed by atoms with van der Waals surface area (Å²) in [5.41, 5.74) is 0.413. The van der Waals surface area contributed by atoms with Gasteiger partial charge in [-0.15, -0.1) is 0 Å². The lowest BCUT2D eigenvalue weighted by Crippen LogP contribution is -2.40. The largest absolute Gasteiger partial charge is 0.496 e. The van der Waals surface area contributed by atoms with Gasteiger partial charge in [-0.2, -0.15) is 0 Å². The number of rotatable bonds is 5. The third kappa shape index (κ3) is 3.46. The Morgan fingerprint density at radius 3 is 2.71 bits per heavy atom. The molecular formula is C17H19NO5S.